The molecule has 1 saturated heterocycles. The van der Waals surface area contributed by atoms with Crippen molar-refractivity contribution < 1.29 is 13.2 Å². The molecule has 220 valence electrons. The van der Waals surface area contributed by atoms with Gasteiger partial charge in [0.1, 0.15) is 0 Å². The van der Waals surface area contributed by atoms with Gasteiger partial charge in [0.15, 0.2) is 0 Å². The van der Waals surface area contributed by atoms with E-state index in [-0.39, 0.29) is 10.8 Å². The first-order valence-electron chi connectivity index (χ1n) is 14.7. The number of amides is 1. The fraction of sp³-hybridized carbons (Fsp3) is 0.229. The summed E-state index contributed by atoms with van der Waals surface area (Å²) >= 11 is 0. The van der Waals surface area contributed by atoms with Crippen molar-refractivity contribution in [1.29, 1.82) is 0 Å². The molecule has 2 unspecified atom stereocenters. The third kappa shape index (κ3) is 6.21. The molecule has 0 bridgehead atoms. The van der Waals surface area contributed by atoms with Gasteiger partial charge >= 0.3 is 0 Å². The third-order valence-corrected chi connectivity index (χ3v) is 9.73. The summed E-state index contributed by atoms with van der Waals surface area (Å²) in [6.07, 6.45) is 3.74. The first kappa shape index (κ1) is 28.7. The van der Waals surface area contributed by atoms with Crippen LogP contribution in [-0.2, 0) is 21.4 Å². The lowest BCUT2D eigenvalue weighted by Crippen LogP contribution is -2.42. The number of benzene rings is 4. The number of piperidine rings is 1. The number of nitrogens with one attached hydrogen (secondary N) is 3. The van der Waals surface area contributed by atoms with Crippen LogP contribution in [0, 0.1) is 0 Å². The molecule has 0 saturated carbocycles. The number of carbonyl (C=O) groups excluding carboxylic acids is 1. The van der Waals surface area contributed by atoms with E-state index in [0.29, 0.717) is 40.3 Å². The minimum Gasteiger partial charge on any atom is -0.354 e. The molecule has 4 aromatic rings. The molecule has 0 radical (unpaired) electrons. The van der Waals surface area contributed by atoms with Crippen LogP contribution in [0.1, 0.15) is 49.8 Å². The molecule has 43 heavy (non-hydrogen) atoms. The topological polar surface area (TPSA) is 90.5 Å². The Bertz CT molecular complexity index is 1740. The van der Waals surface area contributed by atoms with E-state index >= 15 is 0 Å². The Balaban J connectivity index is 1.34. The maximum absolute atomic E-state index is 13.4. The summed E-state index contributed by atoms with van der Waals surface area (Å²) in [5.41, 5.74) is 5.44. The van der Waals surface area contributed by atoms with Crippen LogP contribution in [0.4, 0.5) is 17.1 Å². The van der Waals surface area contributed by atoms with Gasteiger partial charge in [-0.05, 0) is 80.3 Å². The van der Waals surface area contributed by atoms with E-state index in [9.17, 15) is 13.2 Å². The largest absolute Gasteiger partial charge is 0.354 e. The van der Waals surface area contributed by atoms with E-state index in [1.54, 1.807) is 36.4 Å². The second-order valence-electron chi connectivity index (χ2n) is 11.4. The Labute approximate surface area is 253 Å². The van der Waals surface area contributed by atoms with Crippen molar-refractivity contribution in [2.45, 2.75) is 56.6 Å². The van der Waals surface area contributed by atoms with Crippen LogP contribution in [0.2, 0.25) is 0 Å². The maximum atomic E-state index is 13.4. The highest BCUT2D eigenvalue weighted by molar-refractivity contribution is 7.92. The normalized spacial score (nSPS) is 19.8. The number of carbonyl (C=O) groups is 1. The standard InChI is InChI=1S/C35H36N4O3S/c1-24-10-9-11-25(2)39(24)23-26-16-18-28(19-17-26)36-34(27-12-5-3-6-13-27)33-31-22-30(20-21-32(31)37-35(33)40)43(41,42)38-29-14-7-4-8-15-29/h3-8,12-22,24-25,36,38H,9-11,23H2,1-2H3,(H,37,40). The van der Waals surface area contributed by atoms with Crippen molar-refractivity contribution in [3.05, 3.63) is 120 Å². The molecule has 2 heterocycles. The minimum atomic E-state index is -3.89. The summed E-state index contributed by atoms with van der Waals surface area (Å²) in [6.45, 7) is 5.52. The quantitative estimate of drug-likeness (QED) is 0.189. The van der Waals surface area contributed by atoms with E-state index in [2.05, 4.69) is 46.2 Å². The number of anilines is 3. The lowest BCUT2D eigenvalue weighted by Gasteiger charge is -2.39. The van der Waals surface area contributed by atoms with Gasteiger partial charge in [0.05, 0.1) is 16.2 Å². The zero-order valence-electron chi connectivity index (χ0n) is 24.4. The molecule has 6 rings (SSSR count). The van der Waals surface area contributed by atoms with E-state index < -0.39 is 10.0 Å². The SMILES string of the molecule is CC1CCCC(C)N1Cc1ccc(NC(=C2C(=O)Nc3ccc(S(=O)(=O)Nc4ccccc4)cc32)c2ccccc2)cc1. The predicted molar refractivity (Wildman–Crippen MR) is 174 cm³/mol. The van der Waals surface area contributed by atoms with Crippen LogP contribution in [0.15, 0.2) is 108 Å². The minimum absolute atomic E-state index is 0.0713. The van der Waals surface area contributed by atoms with Crippen molar-refractivity contribution in [2.75, 3.05) is 15.4 Å². The highest BCUT2D eigenvalue weighted by atomic mass is 32.2. The highest BCUT2D eigenvalue weighted by Gasteiger charge is 2.30. The molecule has 8 heteroatoms. The van der Waals surface area contributed by atoms with Gasteiger partial charge in [-0.15, -0.1) is 0 Å². The predicted octanol–water partition coefficient (Wildman–Crippen LogP) is 7.18. The molecule has 1 fully saturated rings. The second-order valence-corrected chi connectivity index (χ2v) is 13.1. The molecular formula is C35H36N4O3S. The number of para-hydroxylation sites is 1. The number of likely N-dealkylation sites (tertiary alicyclic amines) is 1. The molecule has 2 aliphatic heterocycles. The van der Waals surface area contributed by atoms with E-state index in [1.165, 1.54) is 30.9 Å². The molecule has 0 aromatic heterocycles. The van der Waals surface area contributed by atoms with Gasteiger partial charge in [0.2, 0.25) is 0 Å². The fourth-order valence-corrected chi connectivity index (χ4v) is 7.09. The molecule has 0 spiro atoms. The van der Waals surface area contributed by atoms with E-state index in [1.807, 2.05) is 48.5 Å². The van der Waals surface area contributed by atoms with Crippen LogP contribution in [0.5, 0.6) is 0 Å². The molecule has 2 aliphatic rings. The lowest BCUT2D eigenvalue weighted by atomic mass is 9.96. The monoisotopic (exact) mass is 592 g/mol. The summed E-state index contributed by atoms with van der Waals surface area (Å²) in [4.78, 5) is 16.1. The molecule has 3 N–H and O–H groups in total. The average Bonchev–Trinajstić information content (AvgIpc) is 3.34. The fourth-order valence-electron chi connectivity index (χ4n) is 6.00. The van der Waals surface area contributed by atoms with Crippen molar-refractivity contribution in [3.8, 4) is 0 Å². The van der Waals surface area contributed by atoms with Gasteiger partial charge in [0, 0.05) is 41.3 Å². The van der Waals surface area contributed by atoms with Crippen molar-refractivity contribution >= 4 is 44.3 Å². The molecule has 4 aromatic carbocycles. The van der Waals surface area contributed by atoms with Gasteiger partial charge in [-0.1, -0.05) is 67.1 Å². The zero-order chi connectivity index (χ0) is 30.0. The van der Waals surface area contributed by atoms with E-state index in [0.717, 1.165) is 17.8 Å². The molecule has 7 nitrogen and oxygen atoms in total. The maximum Gasteiger partial charge on any atom is 0.261 e. The summed E-state index contributed by atoms with van der Waals surface area (Å²) < 4.78 is 29.2. The third-order valence-electron chi connectivity index (χ3n) is 8.35. The number of hydrogen-bond acceptors (Lipinski definition) is 5. The van der Waals surface area contributed by atoms with Gasteiger partial charge in [-0.2, -0.15) is 0 Å². The Morgan fingerprint density at radius 1 is 0.837 bits per heavy atom. The first-order chi connectivity index (χ1) is 20.8. The smallest absolute Gasteiger partial charge is 0.261 e. The molecule has 0 aliphatic carbocycles. The summed E-state index contributed by atoms with van der Waals surface area (Å²) in [5.74, 6) is -0.295. The van der Waals surface area contributed by atoms with Crippen LogP contribution in [0.3, 0.4) is 0 Å². The van der Waals surface area contributed by atoms with Crippen molar-refractivity contribution in [2.24, 2.45) is 0 Å². The Hall–Kier alpha value is -4.40. The van der Waals surface area contributed by atoms with Crippen LogP contribution in [-0.4, -0.2) is 31.3 Å². The Morgan fingerprint density at radius 3 is 2.16 bits per heavy atom. The number of rotatable bonds is 8. The van der Waals surface area contributed by atoms with Crippen LogP contribution < -0.4 is 15.4 Å². The average molecular weight is 593 g/mol. The molecule has 2 atom stereocenters. The van der Waals surface area contributed by atoms with Gasteiger partial charge in [0.25, 0.3) is 15.9 Å². The van der Waals surface area contributed by atoms with E-state index in [4.69, 9.17) is 0 Å². The highest BCUT2D eigenvalue weighted by Crippen LogP contribution is 2.39. The van der Waals surface area contributed by atoms with Gasteiger partial charge in [-0.25, -0.2) is 8.42 Å². The van der Waals surface area contributed by atoms with Crippen molar-refractivity contribution in [1.82, 2.24) is 4.90 Å². The second kappa shape index (κ2) is 12.1. The number of fused-ring (bicyclic) bond motifs is 1. The molecule has 1 amide bonds. The van der Waals surface area contributed by atoms with Crippen molar-refractivity contribution in [3.63, 3.8) is 0 Å². The summed E-state index contributed by atoms with van der Waals surface area (Å²) in [7, 11) is -3.89. The lowest BCUT2D eigenvalue weighted by molar-refractivity contribution is -0.110. The zero-order valence-corrected chi connectivity index (χ0v) is 25.2. The summed E-state index contributed by atoms with van der Waals surface area (Å²) in [6, 6.07) is 32.5. The number of sulfonamides is 1. The molecular weight excluding hydrogens is 556 g/mol. The Kier molecular flexibility index (Phi) is 8.06. The van der Waals surface area contributed by atoms with Crippen LogP contribution >= 0.6 is 0 Å². The number of nitrogens with zero attached hydrogens (tertiary/aromatic N) is 1. The van der Waals surface area contributed by atoms with Gasteiger partial charge < -0.3 is 10.6 Å². The number of hydrogen-bond donors (Lipinski definition) is 3. The summed E-state index contributed by atoms with van der Waals surface area (Å²) in [5, 5.41) is 6.41. The van der Waals surface area contributed by atoms with Crippen LogP contribution in [0.25, 0.3) is 11.3 Å². The van der Waals surface area contributed by atoms with Gasteiger partial charge in [-0.3, -0.25) is 14.4 Å². The first-order valence-corrected chi connectivity index (χ1v) is 16.2. The Morgan fingerprint density at radius 2 is 1.49 bits per heavy atom.